The minimum atomic E-state index is 0.828. The summed E-state index contributed by atoms with van der Waals surface area (Å²) >= 11 is 0. The Kier molecular flexibility index (Phi) is 4.52. The van der Waals surface area contributed by atoms with Crippen molar-refractivity contribution in [1.82, 2.24) is 9.55 Å². The number of imidazole rings is 1. The van der Waals surface area contributed by atoms with Crippen molar-refractivity contribution in [1.29, 1.82) is 0 Å². The summed E-state index contributed by atoms with van der Waals surface area (Å²) < 4.78 is 8.68. The van der Waals surface area contributed by atoms with Crippen molar-refractivity contribution >= 4 is 21.8 Å². The van der Waals surface area contributed by atoms with E-state index < -0.39 is 0 Å². The van der Waals surface area contributed by atoms with Crippen molar-refractivity contribution in [3.8, 4) is 50.8 Å². The molecule has 7 aromatic rings. The monoisotopic (exact) mass is 486 g/mol. The molecule has 1 aliphatic rings. The van der Waals surface area contributed by atoms with Crippen LogP contribution in [-0.2, 0) is 0 Å². The van der Waals surface area contributed by atoms with Crippen LogP contribution in [0.1, 0.15) is 0 Å². The Labute approximate surface area is 220 Å². The van der Waals surface area contributed by atoms with Crippen molar-refractivity contribution in [2.45, 2.75) is 0 Å². The number of aromatic nitrogens is 2. The van der Waals surface area contributed by atoms with E-state index in [0.717, 1.165) is 50.7 Å². The van der Waals surface area contributed by atoms with Gasteiger partial charge in [-0.1, -0.05) is 97.1 Å². The first kappa shape index (κ1) is 21.0. The Morgan fingerprint density at radius 1 is 0.474 bits per heavy atom. The van der Waals surface area contributed by atoms with Crippen molar-refractivity contribution in [3.63, 3.8) is 0 Å². The number of para-hydroxylation sites is 1. The maximum Gasteiger partial charge on any atom is 0.153 e. The average molecular weight is 487 g/mol. The van der Waals surface area contributed by atoms with E-state index >= 15 is 0 Å². The molecule has 2 heterocycles. The van der Waals surface area contributed by atoms with Gasteiger partial charge in [-0.25, -0.2) is 4.98 Å². The summed E-state index contributed by atoms with van der Waals surface area (Å²) in [5, 5.41) is 2.44. The van der Waals surface area contributed by atoms with Gasteiger partial charge < -0.3 is 4.74 Å². The molecular formula is C35H22N2O. The average Bonchev–Trinajstić information content (AvgIpc) is 3.38. The predicted molar refractivity (Wildman–Crippen MR) is 155 cm³/mol. The fraction of sp³-hybridized carbons (Fsp3) is 0. The van der Waals surface area contributed by atoms with Gasteiger partial charge in [0.05, 0.1) is 11.2 Å². The minimum Gasteiger partial charge on any atom is -0.453 e. The number of nitrogens with zero attached hydrogens (tertiary/aromatic N) is 2. The summed E-state index contributed by atoms with van der Waals surface area (Å²) in [6, 6.07) is 46.7. The lowest BCUT2D eigenvalue weighted by Gasteiger charge is -2.22. The number of benzene rings is 6. The Bertz CT molecular complexity index is 1990. The second-order valence-corrected chi connectivity index (χ2v) is 9.69. The van der Waals surface area contributed by atoms with Crippen LogP contribution in [0, 0.1) is 0 Å². The van der Waals surface area contributed by atoms with Crippen molar-refractivity contribution < 1.29 is 4.74 Å². The first-order valence-corrected chi connectivity index (χ1v) is 12.8. The third kappa shape index (κ3) is 3.26. The largest absolute Gasteiger partial charge is 0.453 e. The van der Waals surface area contributed by atoms with Gasteiger partial charge in [0.25, 0.3) is 0 Å². The highest BCUT2D eigenvalue weighted by Gasteiger charge is 2.25. The van der Waals surface area contributed by atoms with Crippen molar-refractivity contribution in [2.24, 2.45) is 0 Å². The Morgan fingerprint density at radius 3 is 1.84 bits per heavy atom. The molecule has 8 rings (SSSR count). The van der Waals surface area contributed by atoms with E-state index in [9.17, 15) is 0 Å². The Hall–Kier alpha value is -5.15. The topological polar surface area (TPSA) is 27.1 Å². The molecule has 0 aliphatic carbocycles. The summed E-state index contributed by atoms with van der Waals surface area (Å²) in [5.41, 5.74) is 8.76. The van der Waals surface area contributed by atoms with Crippen molar-refractivity contribution in [3.05, 3.63) is 133 Å². The molecule has 0 radical (unpaired) electrons. The van der Waals surface area contributed by atoms with Gasteiger partial charge in [-0.05, 0) is 69.4 Å². The molecule has 178 valence electrons. The summed E-state index contributed by atoms with van der Waals surface area (Å²) in [4.78, 5) is 4.98. The van der Waals surface area contributed by atoms with Crippen LogP contribution < -0.4 is 4.74 Å². The molecule has 0 fully saturated rings. The highest BCUT2D eigenvalue weighted by atomic mass is 16.5. The highest BCUT2D eigenvalue weighted by molar-refractivity contribution is 5.93. The van der Waals surface area contributed by atoms with Crippen LogP contribution in [0.5, 0.6) is 11.5 Å². The Balaban J connectivity index is 1.23. The SMILES string of the molecule is c1ccc(-c2ccc3cc(-c4ccc5c(c4)Oc4cccc6nc(-c7ccccc7)n-5c46)ccc3c2)cc1. The third-order valence-corrected chi connectivity index (χ3v) is 7.37. The summed E-state index contributed by atoms with van der Waals surface area (Å²) in [6.45, 7) is 0. The second-order valence-electron chi connectivity index (χ2n) is 9.69. The fourth-order valence-electron chi connectivity index (χ4n) is 5.51. The molecule has 0 spiro atoms. The molecule has 0 saturated heterocycles. The van der Waals surface area contributed by atoms with Crippen LogP contribution in [0.4, 0.5) is 0 Å². The predicted octanol–water partition coefficient (Wildman–Crippen LogP) is 9.29. The zero-order chi connectivity index (χ0) is 25.1. The number of ether oxygens (including phenoxy) is 1. The second kappa shape index (κ2) is 8.19. The summed E-state index contributed by atoms with van der Waals surface area (Å²) in [6.07, 6.45) is 0. The highest BCUT2D eigenvalue weighted by Crippen LogP contribution is 2.44. The smallest absolute Gasteiger partial charge is 0.153 e. The lowest BCUT2D eigenvalue weighted by atomic mass is 9.97. The molecule has 0 saturated carbocycles. The van der Waals surface area contributed by atoms with Crippen LogP contribution >= 0.6 is 0 Å². The summed E-state index contributed by atoms with van der Waals surface area (Å²) in [7, 11) is 0. The van der Waals surface area contributed by atoms with E-state index in [-0.39, 0.29) is 0 Å². The molecule has 3 nitrogen and oxygen atoms in total. The van der Waals surface area contributed by atoms with Gasteiger partial charge >= 0.3 is 0 Å². The molecule has 0 atom stereocenters. The van der Waals surface area contributed by atoms with Gasteiger partial charge in [-0.15, -0.1) is 0 Å². The van der Waals surface area contributed by atoms with Crippen molar-refractivity contribution in [2.75, 3.05) is 0 Å². The number of fused-ring (bicyclic) bond motifs is 3. The normalized spacial score (nSPS) is 11.9. The molecule has 0 bridgehead atoms. The third-order valence-electron chi connectivity index (χ3n) is 7.37. The van der Waals surface area contributed by atoms with E-state index in [0.29, 0.717) is 0 Å². The van der Waals surface area contributed by atoms with E-state index in [1.807, 2.05) is 24.3 Å². The molecule has 0 unspecified atom stereocenters. The van der Waals surface area contributed by atoms with E-state index in [1.165, 1.54) is 21.9 Å². The van der Waals surface area contributed by atoms with Gasteiger partial charge in [0, 0.05) is 5.56 Å². The molecule has 1 aromatic heterocycles. The maximum absolute atomic E-state index is 6.45. The van der Waals surface area contributed by atoms with E-state index in [1.54, 1.807) is 0 Å². The van der Waals surface area contributed by atoms with Gasteiger partial charge in [0.1, 0.15) is 11.3 Å². The molecule has 0 amide bonds. The zero-order valence-electron chi connectivity index (χ0n) is 20.5. The first-order chi connectivity index (χ1) is 18.8. The van der Waals surface area contributed by atoms with Gasteiger partial charge in [-0.3, -0.25) is 4.57 Å². The number of hydrogen-bond acceptors (Lipinski definition) is 2. The van der Waals surface area contributed by atoms with E-state index in [4.69, 9.17) is 9.72 Å². The molecule has 0 N–H and O–H groups in total. The van der Waals surface area contributed by atoms with Gasteiger partial charge in [0.2, 0.25) is 0 Å². The fourth-order valence-corrected chi connectivity index (χ4v) is 5.51. The zero-order valence-corrected chi connectivity index (χ0v) is 20.5. The quantitative estimate of drug-likeness (QED) is 0.249. The molecular weight excluding hydrogens is 464 g/mol. The van der Waals surface area contributed by atoms with Gasteiger partial charge in [-0.2, -0.15) is 0 Å². The molecule has 1 aliphatic heterocycles. The minimum absolute atomic E-state index is 0.828. The Morgan fingerprint density at radius 2 is 1.11 bits per heavy atom. The van der Waals surface area contributed by atoms with Crippen LogP contribution in [0.15, 0.2) is 133 Å². The molecule has 6 aromatic carbocycles. The number of hydrogen-bond donors (Lipinski definition) is 0. The summed E-state index contributed by atoms with van der Waals surface area (Å²) in [5.74, 6) is 2.58. The molecule has 38 heavy (non-hydrogen) atoms. The van der Waals surface area contributed by atoms with Crippen LogP contribution in [0.3, 0.4) is 0 Å². The maximum atomic E-state index is 6.45. The lowest BCUT2D eigenvalue weighted by molar-refractivity contribution is 0.476. The standard InChI is InChI=1S/C35H22N2O/c1-3-8-23(9-4-1)25-14-15-27-21-28(17-16-26(27)20-25)29-18-19-31-33(22-29)38-32-13-7-12-30-34(32)37(31)35(36-30)24-10-5-2-6-11-24/h1-22H. The van der Waals surface area contributed by atoms with Crippen LogP contribution in [0.25, 0.3) is 61.1 Å². The van der Waals surface area contributed by atoms with Gasteiger partial charge in [0.15, 0.2) is 11.5 Å². The molecule has 3 heteroatoms. The van der Waals surface area contributed by atoms with Crippen LogP contribution in [0.2, 0.25) is 0 Å². The first-order valence-electron chi connectivity index (χ1n) is 12.8. The van der Waals surface area contributed by atoms with Crippen LogP contribution in [-0.4, -0.2) is 9.55 Å². The van der Waals surface area contributed by atoms with E-state index in [2.05, 4.69) is 114 Å². The lowest BCUT2D eigenvalue weighted by Crippen LogP contribution is -2.05. The number of rotatable bonds is 3.